The first kappa shape index (κ1) is 11.0. The molecule has 0 aliphatic heterocycles. The summed E-state index contributed by atoms with van der Waals surface area (Å²) in [5.41, 5.74) is 6.17. The van der Waals surface area contributed by atoms with Gasteiger partial charge in [-0.15, -0.1) is 0 Å². The number of aromatic nitrogens is 1. The van der Waals surface area contributed by atoms with Gasteiger partial charge in [-0.2, -0.15) is 0 Å². The van der Waals surface area contributed by atoms with Gasteiger partial charge in [-0.3, -0.25) is 4.98 Å². The smallest absolute Gasteiger partial charge is 0.0708 e. The molecule has 0 aliphatic carbocycles. The van der Waals surface area contributed by atoms with Crippen LogP contribution in [0.15, 0.2) is 54.7 Å². The maximum atomic E-state index is 4.41. The SMILES string of the molecule is Cc1cc(C)cc(-c2cccc3ncccc23)c1. The highest BCUT2D eigenvalue weighted by atomic mass is 14.6. The van der Waals surface area contributed by atoms with Crippen LogP contribution in [0.2, 0.25) is 0 Å². The molecule has 3 aromatic rings. The third-order valence-electron chi connectivity index (χ3n) is 3.18. The predicted molar refractivity (Wildman–Crippen MR) is 76.7 cm³/mol. The van der Waals surface area contributed by atoms with Crippen molar-refractivity contribution >= 4 is 10.9 Å². The standard InChI is InChI=1S/C17H15N/c1-12-9-13(2)11-14(10-12)15-5-3-7-17-16(15)6-4-8-18-17/h3-11H,1-2H3. The summed E-state index contributed by atoms with van der Waals surface area (Å²) in [6.45, 7) is 4.28. The zero-order chi connectivity index (χ0) is 12.5. The minimum Gasteiger partial charge on any atom is -0.256 e. The van der Waals surface area contributed by atoms with Gasteiger partial charge < -0.3 is 0 Å². The minimum absolute atomic E-state index is 1.05. The molecule has 0 saturated carbocycles. The molecule has 1 aromatic heterocycles. The molecule has 1 heteroatoms. The van der Waals surface area contributed by atoms with Crippen LogP contribution in [0.3, 0.4) is 0 Å². The molecule has 18 heavy (non-hydrogen) atoms. The van der Waals surface area contributed by atoms with Crippen molar-refractivity contribution in [2.75, 3.05) is 0 Å². The van der Waals surface area contributed by atoms with Gasteiger partial charge in [0.2, 0.25) is 0 Å². The lowest BCUT2D eigenvalue weighted by molar-refractivity contribution is 1.38. The van der Waals surface area contributed by atoms with Gasteiger partial charge in [0.05, 0.1) is 5.52 Å². The number of pyridine rings is 1. The van der Waals surface area contributed by atoms with Gasteiger partial charge in [-0.25, -0.2) is 0 Å². The number of rotatable bonds is 1. The lowest BCUT2D eigenvalue weighted by atomic mass is 9.97. The van der Waals surface area contributed by atoms with Crippen molar-refractivity contribution in [1.29, 1.82) is 0 Å². The van der Waals surface area contributed by atoms with Crippen LogP contribution in [0.5, 0.6) is 0 Å². The van der Waals surface area contributed by atoms with Crippen LogP contribution in [0, 0.1) is 13.8 Å². The van der Waals surface area contributed by atoms with Crippen molar-refractivity contribution in [2.45, 2.75) is 13.8 Å². The van der Waals surface area contributed by atoms with E-state index in [4.69, 9.17) is 0 Å². The van der Waals surface area contributed by atoms with Gasteiger partial charge in [-0.1, -0.05) is 47.5 Å². The summed E-state index contributed by atoms with van der Waals surface area (Å²) in [4.78, 5) is 4.41. The molecule has 0 atom stereocenters. The van der Waals surface area contributed by atoms with E-state index in [-0.39, 0.29) is 0 Å². The highest BCUT2D eigenvalue weighted by Gasteiger charge is 2.04. The van der Waals surface area contributed by atoms with Crippen molar-refractivity contribution in [3.63, 3.8) is 0 Å². The molecule has 0 unspecified atom stereocenters. The summed E-state index contributed by atoms with van der Waals surface area (Å²) in [5.74, 6) is 0. The number of aryl methyl sites for hydroxylation is 2. The fourth-order valence-corrected chi connectivity index (χ4v) is 2.49. The van der Waals surface area contributed by atoms with Crippen LogP contribution in [0.4, 0.5) is 0 Å². The number of benzene rings is 2. The maximum absolute atomic E-state index is 4.41. The third kappa shape index (κ3) is 1.88. The summed E-state index contributed by atoms with van der Waals surface area (Å²) in [6, 6.07) is 17.1. The summed E-state index contributed by atoms with van der Waals surface area (Å²) < 4.78 is 0. The van der Waals surface area contributed by atoms with E-state index in [1.165, 1.54) is 27.6 Å². The van der Waals surface area contributed by atoms with Crippen molar-refractivity contribution in [1.82, 2.24) is 4.98 Å². The van der Waals surface area contributed by atoms with E-state index in [0.29, 0.717) is 0 Å². The Labute approximate surface area is 107 Å². The maximum Gasteiger partial charge on any atom is 0.0708 e. The average Bonchev–Trinajstić information content (AvgIpc) is 2.37. The first-order valence-electron chi connectivity index (χ1n) is 6.16. The van der Waals surface area contributed by atoms with Gasteiger partial charge in [0.15, 0.2) is 0 Å². The van der Waals surface area contributed by atoms with Crippen molar-refractivity contribution in [3.8, 4) is 11.1 Å². The largest absolute Gasteiger partial charge is 0.256 e. The molecule has 0 aliphatic rings. The third-order valence-corrected chi connectivity index (χ3v) is 3.18. The zero-order valence-electron chi connectivity index (χ0n) is 10.6. The second kappa shape index (κ2) is 4.26. The van der Waals surface area contributed by atoms with E-state index in [2.05, 4.69) is 61.3 Å². The molecule has 0 spiro atoms. The van der Waals surface area contributed by atoms with Gasteiger partial charge in [0.25, 0.3) is 0 Å². The monoisotopic (exact) mass is 233 g/mol. The van der Waals surface area contributed by atoms with E-state index < -0.39 is 0 Å². The highest BCUT2D eigenvalue weighted by Crippen LogP contribution is 2.28. The molecule has 2 aromatic carbocycles. The minimum atomic E-state index is 1.05. The van der Waals surface area contributed by atoms with Crippen LogP contribution < -0.4 is 0 Å². The molecule has 0 N–H and O–H groups in total. The summed E-state index contributed by atoms with van der Waals surface area (Å²) in [7, 11) is 0. The number of hydrogen-bond acceptors (Lipinski definition) is 1. The molecule has 0 amide bonds. The Hall–Kier alpha value is -2.15. The van der Waals surface area contributed by atoms with E-state index >= 15 is 0 Å². The molecule has 0 fully saturated rings. The second-order valence-electron chi connectivity index (χ2n) is 4.75. The fourth-order valence-electron chi connectivity index (χ4n) is 2.49. The molecule has 0 radical (unpaired) electrons. The Bertz CT molecular complexity index is 688. The topological polar surface area (TPSA) is 12.9 Å². The van der Waals surface area contributed by atoms with E-state index in [1.807, 2.05) is 12.3 Å². The van der Waals surface area contributed by atoms with E-state index in [9.17, 15) is 0 Å². The Kier molecular flexibility index (Phi) is 2.60. The zero-order valence-corrected chi connectivity index (χ0v) is 10.6. The quantitative estimate of drug-likeness (QED) is 0.602. The Morgan fingerprint density at radius 2 is 1.61 bits per heavy atom. The molecule has 1 heterocycles. The average molecular weight is 233 g/mol. The van der Waals surface area contributed by atoms with Gasteiger partial charge >= 0.3 is 0 Å². The Morgan fingerprint density at radius 1 is 0.833 bits per heavy atom. The van der Waals surface area contributed by atoms with Crippen LogP contribution in [0.25, 0.3) is 22.0 Å². The molecule has 0 saturated heterocycles. The molecule has 1 nitrogen and oxygen atoms in total. The second-order valence-corrected chi connectivity index (χ2v) is 4.75. The highest BCUT2D eigenvalue weighted by molar-refractivity contribution is 5.94. The van der Waals surface area contributed by atoms with Crippen LogP contribution >= 0.6 is 0 Å². The van der Waals surface area contributed by atoms with Crippen molar-refractivity contribution in [2.24, 2.45) is 0 Å². The van der Waals surface area contributed by atoms with E-state index in [0.717, 1.165) is 5.52 Å². The molecule has 3 rings (SSSR count). The fraction of sp³-hybridized carbons (Fsp3) is 0.118. The number of nitrogens with zero attached hydrogens (tertiary/aromatic N) is 1. The molecule has 0 bridgehead atoms. The Balaban J connectivity index is 2.31. The summed E-state index contributed by atoms with van der Waals surface area (Å²) in [5, 5.41) is 1.21. The van der Waals surface area contributed by atoms with Gasteiger partial charge in [0, 0.05) is 11.6 Å². The first-order chi connectivity index (χ1) is 8.74. The van der Waals surface area contributed by atoms with E-state index in [1.54, 1.807) is 0 Å². The van der Waals surface area contributed by atoms with Crippen LogP contribution in [-0.2, 0) is 0 Å². The molecular weight excluding hydrogens is 218 g/mol. The van der Waals surface area contributed by atoms with Gasteiger partial charge in [-0.05, 0) is 37.1 Å². The van der Waals surface area contributed by atoms with Crippen molar-refractivity contribution < 1.29 is 0 Å². The number of hydrogen-bond donors (Lipinski definition) is 0. The predicted octanol–water partition coefficient (Wildman–Crippen LogP) is 4.52. The lowest BCUT2D eigenvalue weighted by Gasteiger charge is -2.08. The molecular formula is C17H15N. The lowest BCUT2D eigenvalue weighted by Crippen LogP contribution is -1.86. The van der Waals surface area contributed by atoms with Crippen molar-refractivity contribution in [3.05, 3.63) is 65.9 Å². The number of fused-ring (bicyclic) bond motifs is 1. The van der Waals surface area contributed by atoms with Crippen LogP contribution in [-0.4, -0.2) is 4.98 Å². The Morgan fingerprint density at radius 3 is 2.39 bits per heavy atom. The first-order valence-corrected chi connectivity index (χ1v) is 6.16. The van der Waals surface area contributed by atoms with Gasteiger partial charge in [0.1, 0.15) is 0 Å². The summed E-state index contributed by atoms with van der Waals surface area (Å²) in [6.07, 6.45) is 1.84. The van der Waals surface area contributed by atoms with Crippen LogP contribution in [0.1, 0.15) is 11.1 Å². The normalized spacial score (nSPS) is 10.8. The summed E-state index contributed by atoms with van der Waals surface area (Å²) >= 11 is 0. The molecule has 88 valence electrons.